The first-order valence-corrected chi connectivity index (χ1v) is 7.99. The molecular weight excluding hydrogens is 294 g/mol. The topological polar surface area (TPSA) is 84.2 Å². The maximum Gasteiger partial charge on any atom is 0.273 e. The Balaban J connectivity index is 1.40. The van der Waals surface area contributed by atoms with Crippen LogP contribution in [0.5, 0.6) is 0 Å². The van der Waals surface area contributed by atoms with Crippen LogP contribution in [0, 0.1) is 5.92 Å². The molecule has 3 heterocycles. The summed E-state index contributed by atoms with van der Waals surface area (Å²) >= 11 is 0. The maximum atomic E-state index is 12.4. The first kappa shape index (κ1) is 14.2. The summed E-state index contributed by atoms with van der Waals surface area (Å²) in [5, 5.41) is 6.96. The highest BCUT2D eigenvalue weighted by Gasteiger charge is 2.33. The fraction of sp³-hybridized carbons (Fsp3) is 0.500. The van der Waals surface area contributed by atoms with Crippen molar-refractivity contribution in [3.05, 3.63) is 36.1 Å². The van der Waals surface area contributed by atoms with E-state index in [1.54, 1.807) is 24.7 Å². The number of carbonyl (C=O) groups excluding carboxylic acids is 1. The Labute approximate surface area is 134 Å². The van der Waals surface area contributed by atoms with Crippen LogP contribution in [-0.2, 0) is 0 Å². The van der Waals surface area contributed by atoms with E-state index < -0.39 is 0 Å². The average Bonchev–Trinajstić information content (AvgIpc) is 3.18. The van der Waals surface area contributed by atoms with Crippen LogP contribution in [0.25, 0.3) is 0 Å². The summed E-state index contributed by atoms with van der Waals surface area (Å²) in [4.78, 5) is 22.9. The van der Waals surface area contributed by atoms with Gasteiger partial charge in [0, 0.05) is 37.5 Å². The summed E-state index contributed by atoms with van der Waals surface area (Å²) in [5.74, 6) is 2.29. The van der Waals surface area contributed by atoms with E-state index in [1.165, 1.54) is 0 Å². The molecule has 2 aliphatic rings. The summed E-state index contributed by atoms with van der Waals surface area (Å²) < 4.78 is 5.25. The van der Waals surface area contributed by atoms with Crippen molar-refractivity contribution in [1.82, 2.24) is 20.4 Å². The molecule has 1 aliphatic carbocycles. The van der Waals surface area contributed by atoms with Crippen molar-refractivity contribution in [2.45, 2.75) is 31.7 Å². The predicted molar refractivity (Wildman–Crippen MR) is 83.1 cm³/mol. The zero-order valence-electron chi connectivity index (χ0n) is 13.0. The molecule has 120 valence electrons. The minimum Gasteiger partial charge on any atom is -0.360 e. The van der Waals surface area contributed by atoms with Gasteiger partial charge in [0.1, 0.15) is 11.6 Å². The molecule has 0 aromatic carbocycles. The van der Waals surface area contributed by atoms with E-state index in [0.717, 1.165) is 37.5 Å². The van der Waals surface area contributed by atoms with Crippen molar-refractivity contribution in [1.29, 1.82) is 0 Å². The summed E-state index contributed by atoms with van der Waals surface area (Å²) in [5.41, 5.74) is 0.372. The number of rotatable bonds is 4. The van der Waals surface area contributed by atoms with E-state index in [4.69, 9.17) is 4.52 Å². The van der Waals surface area contributed by atoms with E-state index in [-0.39, 0.29) is 11.9 Å². The zero-order chi connectivity index (χ0) is 15.8. The lowest BCUT2D eigenvalue weighted by atomic mass is 10.1. The summed E-state index contributed by atoms with van der Waals surface area (Å²) in [6.07, 6.45) is 7.34. The molecule has 7 nitrogen and oxygen atoms in total. The number of nitrogens with zero attached hydrogens (tertiary/aromatic N) is 4. The van der Waals surface area contributed by atoms with Gasteiger partial charge < -0.3 is 14.7 Å². The van der Waals surface area contributed by atoms with Crippen molar-refractivity contribution in [2.24, 2.45) is 5.92 Å². The average molecular weight is 313 g/mol. The molecule has 1 N–H and O–H groups in total. The van der Waals surface area contributed by atoms with Crippen molar-refractivity contribution >= 4 is 11.7 Å². The van der Waals surface area contributed by atoms with E-state index in [1.807, 2.05) is 0 Å². The third-order valence-electron chi connectivity index (χ3n) is 4.54. The van der Waals surface area contributed by atoms with Gasteiger partial charge in [0.15, 0.2) is 5.69 Å². The number of hydrogen-bond acceptors (Lipinski definition) is 6. The third-order valence-corrected chi connectivity index (χ3v) is 4.54. The lowest BCUT2D eigenvalue weighted by Crippen LogP contribution is -2.40. The predicted octanol–water partition coefficient (Wildman–Crippen LogP) is 1.60. The maximum absolute atomic E-state index is 12.4. The highest BCUT2D eigenvalue weighted by atomic mass is 16.5. The molecule has 1 saturated carbocycles. The number of carbonyl (C=O) groups is 1. The molecule has 0 spiro atoms. The highest BCUT2D eigenvalue weighted by molar-refractivity contribution is 5.92. The van der Waals surface area contributed by atoms with Crippen LogP contribution in [0.3, 0.4) is 0 Å². The van der Waals surface area contributed by atoms with Gasteiger partial charge in [0.05, 0.1) is 12.2 Å². The second-order valence-corrected chi connectivity index (χ2v) is 6.41. The molecule has 1 saturated heterocycles. The SMILES string of the molecule is C[C@H]1CN(c2cnccn2)C[C@@H]1NC(=O)c1cc(C2CC2)on1. The molecule has 2 aromatic heterocycles. The molecule has 1 aliphatic heterocycles. The Morgan fingerprint density at radius 2 is 2.22 bits per heavy atom. The first-order chi connectivity index (χ1) is 11.2. The van der Waals surface area contributed by atoms with E-state index in [0.29, 0.717) is 17.5 Å². The number of aromatic nitrogens is 3. The van der Waals surface area contributed by atoms with Crippen molar-refractivity contribution < 1.29 is 9.32 Å². The van der Waals surface area contributed by atoms with E-state index >= 15 is 0 Å². The van der Waals surface area contributed by atoms with Crippen molar-refractivity contribution in [3.8, 4) is 0 Å². The van der Waals surface area contributed by atoms with Gasteiger partial charge in [-0.25, -0.2) is 4.98 Å². The molecule has 1 amide bonds. The van der Waals surface area contributed by atoms with Gasteiger partial charge >= 0.3 is 0 Å². The molecule has 2 fully saturated rings. The summed E-state index contributed by atoms with van der Waals surface area (Å²) in [6, 6.07) is 1.83. The molecule has 0 unspecified atom stereocenters. The van der Waals surface area contributed by atoms with Gasteiger partial charge in [-0.15, -0.1) is 0 Å². The molecule has 0 bridgehead atoms. The fourth-order valence-corrected chi connectivity index (χ4v) is 3.00. The van der Waals surface area contributed by atoms with Gasteiger partial charge in [0.25, 0.3) is 5.91 Å². The quantitative estimate of drug-likeness (QED) is 0.923. The smallest absolute Gasteiger partial charge is 0.273 e. The first-order valence-electron chi connectivity index (χ1n) is 7.99. The van der Waals surface area contributed by atoms with Gasteiger partial charge in [-0.05, 0) is 18.8 Å². The van der Waals surface area contributed by atoms with E-state index in [2.05, 4.69) is 32.3 Å². The van der Waals surface area contributed by atoms with Gasteiger partial charge in [0.2, 0.25) is 0 Å². The number of nitrogens with one attached hydrogen (secondary N) is 1. The Kier molecular flexibility index (Phi) is 3.48. The van der Waals surface area contributed by atoms with Crippen LogP contribution in [0.15, 0.2) is 29.2 Å². The van der Waals surface area contributed by atoms with Crippen LogP contribution in [-0.4, -0.2) is 40.2 Å². The fourth-order valence-electron chi connectivity index (χ4n) is 3.00. The Hall–Kier alpha value is -2.44. The number of hydrogen-bond donors (Lipinski definition) is 1. The molecule has 23 heavy (non-hydrogen) atoms. The van der Waals surface area contributed by atoms with Crippen LogP contribution < -0.4 is 10.2 Å². The van der Waals surface area contributed by atoms with Crippen LogP contribution in [0.4, 0.5) is 5.82 Å². The van der Waals surface area contributed by atoms with Crippen LogP contribution >= 0.6 is 0 Å². The normalized spacial score (nSPS) is 24.0. The minimum atomic E-state index is -0.168. The van der Waals surface area contributed by atoms with Gasteiger partial charge in [-0.3, -0.25) is 9.78 Å². The summed E-state index contributed by atoms with van der Waals surface area (Å²) in [7, 11) is 0. The number of amides is 1. The second kappa shape index (κ2) is 5.64. The molecule has 2 aromatic rings. The van der Waals surface area contributed by atoms with Gasteiger partial charge in [-0.1, -0.05) is 12.1 Å². The van der Waals surface area contributed by atoms with Crippen molar-refractivity contribution in [2.75, 3.05) is 18.0 Å². The molecule has 7 heteroatoms. The Bertz CT molecular complexity index is 698. The van der Waals surface area contributed by atoms with E-state index in [9.17, 15) is 4.79 Å². The molecule has 2 atom stereocenters. The van der Waals surface area contributed by atoms with Crippen LogP contribution in [0.2, 0.25) is 0 Å². The van der Waals surface area contributed by atoms with Crippen LogP contribution in [0.1, 0.15) is 41.9 Å². The molecular formula is C16H19N5O2. The highest BCUT2D eigenvalue weighted by Crippen LogP contribution is 2.40. The zero-order valence-corrected chi connectivity index (χ0v) is 13.0. The Morgan fingerprint density at radius 1 is 1.35 bits per heavy atom. The largest absolute Gasteiger partial charge is 0.360 e. The second-order valence-electron chi connectivity index (χ2n) is 6.41. The third kappa shape index (κ3) is 2.91. The van der Waals surface area contributed by atoms with Crippen molar-refractivity contribution in [3.63, 3.8) is 0 Å². The number of anilines is 1. The lowest BCUT2D eigenvalue weighted by molar-refractivity contribution is 0.0924. The monoisotopic (exact) mass is 313 g/mol. The molecule has 0 radical (unpaired) electrons. The Morgan fingerprint density at radius 3 is 2.96 bits per heavy atom. The standard InChI is InChI=1S/C16H19N5O2/c1-10-8-21(15-7-17-4-5-18-15)9-13(10)19-16(22)12-6-14(23-20-12)11-2-3-11/h4-7,10-11,13H,2-3,8-9H2,1H3,(H,19,22)/t10-,13-/m0/s1. The summed E-state index contributed by atoms with van der Waals surface area (Å²) in [6.45, 7) is 3.69. The lowest BCUT2D eigenvalue weighted by Gasteiger charge is -2.17. The molecule has 4 rings (SSSR count). The minimum absolute atomic E-state index is 0.0607. The van der Waals surface area contributed by atoms with Gasteiger partial charge in [-0.2, -0.15) is 0 Å².